The molecule has 0 heterocycles. The van der Waals surface area contributed by atoms with Gasteiger partial charge in [0.25, 0.3) is 0 Å². The van der Waals surface area contributed by atoms with Crippen molar-refractivity contribution in [1.82, 2.24) is 10.7 Å². The molecule has 2 rings (SSSR count). The van der Waals surface area contributed by atoms with Crippen molar-refractivity contribution >= 4 is 39.5 Å². The predicted molar refractivity (Wildman–Crippen MR) is 118 cm³/mol. The van der Waals surface area contributed by atoms with Gasteiger partial charge in [-0.25, -0.2) is 0 Å². The Balaban J connectivity index is 2.01. The van der Waals surface area contributed by atoms with Crippen molar-refractivity contribution in [3.05, 3.63) is 70.7 Å². The van der Waals surface area contributed by atoms with E-state index in [4.69, 9.17) is 21.7 Å². The van der Waals surface area contributed by atoms with Crippen LogP contribution < -0.4 is 20.2 Å². The normalized spacial score (nSPS) is 10.4. The van der Waals surface area contributed by atoms with E-state index >= 15 is 0 Å². The maximum absolute atomic E-state index is 5.92. The Labute approximate surface area is 173 Å². The summed E-state index contributed by atoms with van der Waals surface area (Å²) in [6, 6.07) is 13.7. The van der Waals surface area contributed by atoms with Gasteiger partial charge in [0.2, 0.25) is 0 Å². The molecule has 0 saturated carbocycles. The molecule has 0 aliphatic rings. The van der Waals surface area contributed by atoms with Crippen LogP contribution in [-0.2, 0) is 6.61 Å². The van der Waals surface area contributed by atoms with Gasteiger partial charge in [-0.05, 0) is 60.6 Å². The first-order chi connectivity index (χ1) is 13.1. The lowest BCUT2D eigenvalue weighted by molar-refractivity contribution is 0.269. The highest BCUT2D eigenvalue weighted by atomic mass is 79.9. The van der Waals surface area contributed by atoms with E-state index in [1.165, 1.54) is 0 Å². The molecule has 0 aromatic heterocycles. The van der Waals surface area contributed by atoms with Crippen LogP contribution in [0.1, 0.15) is 18.1 Å². The highest BCUT2D eigenvalue weighted by molar-refractivity contribution is 9.10. The molecule has 5 nitrogen and oxygen atoms in total. The molecule has 0 fully saturated rings. The van der Waals surface area contributed by atoms with Gasteiger partial charge in [-0.1, -0.05) is 34.1 Å². The fourth-order valence-electron chi connectivity index (χ4n) is 2.10. The monoisotopic (exact) mass is 447 g/mol. The average Bonchev–Trinajstić information content (AvgIpc) is 2.67. The van der Waals surface area contributed by atoms with Crippen LogP contribution in [0, 0.1) is 0 Å². The molecule has 0 spiro atoms. The zero-order valence-corrected chi connectivity index (χ0v) is 17.5. The van der Waals surface area contributed by atoms with Gasteiger partial charge in [0.1, 0.15) is 6.61 Å². The summed E-state index contributed by atoms with van der Waals surface area (Å²) in [6.07, 6.45) is 3.39. The molecule has 27 heavy (non-hydrogen) atoms. The maximum atomic E-state index is 5.92. The first kappa shape index (κ1) is 20.9. The Bertz CT molecular complexity index is 794. The first-order valence-electron chi connectivity index (χ1n) is 8.44. The smallest absolute Gasteiger partial charge is 0.187 e. The summed E-state index contributed by atoms with van der Waals surface area (Å²) in [4.78, 5) is 0. The standard InChI is InChI=1S/C20H22BrN3O2S/c1-3-11-22-20(27)24-23-13-16-7-10-18(19(12-16)25-4-2)26-14-15-5-8-17(21)9-6-15/h3,5-10,12-13H,1,4,11,14H2,2H3,(H2,22,24,27)/b23-13-. The number of ether oxygens (including phenoxy) is 2. The minimum atomic E-state index is 0.436. The highest BCUT2D eigenvalue weighted by Gasteiger charge is 2.06. The molecule has 2 N–H and O–H groups in total. The summed E-state index contributed by atoms with van der Waals surface area (Å²) in [6.45, 7) is 7.15. The second-order valence-corrected chi connectivity index (χ2v) is 6.75. The molecule has 0 amide bonds. The van der Waals surface area contributed by atoms with Gasteiger partial charge in [-0.15, -0.1) is 6.58 Å². The van der Waals surface area contributed by atoms with Crippen molar-refractivity contribution < 1.29 is 9.47 Å². The first-order valence-corrected chi connectivity index (χ1v) is 9.64. The number of rotatable bonds is 9. The quantitative estimate of drug-likeness (QED) is 0.258. The van der Waals surface area contributed by atoms with E-state index in [-0.39, 0.29) is 0 Å². The van der Waals surface area contributed by atoms with Crippen molar-refractivity contribution in [2.24, 2.45) is 5.10 Å². The van der Waals surface area contributed by atoms with E-state index in [1.54, 1.807) is 12.3 Å². The van der Waals surface area contributed by atoms with Crippen molar-refractivity contribution in [3.63, 3.8) is 0 Å². The van der Waals surface area contributed by atoms with Gasteiger partial charge in [-0.2, -0.15) is 5.10 Å². The largest absolute Gasteiger partial charge is 0.490 e. The fraction of sp³-hybridized carbons (Fsp3) is 0.200. The Hall–Kier alpha value is -2.38. The minimum absolute atomic E-state index is 0.436. The molecule has 0 saturated heterocycles. The Morgan fingerprint density at radius 3 is 2.67 bits per heavy atom. The van der Waals surface area contributed by atoms with Crippen LogP contribution >= 0.6 is 28.1 Å². The summed E-state index contributed by atoms with van der Waals surface area (Å²) in [5, 5.41) is 7.49. The lowest BCUT2D eigenvalue weighted by atomic mass is 10.2. The fourth-order valence-corrected chi connectivity index (χ4v) is 2.50. The van der Waals surface area contributed by atoms with Crippen LogP contribution in [0.3, 0.4) is 0 Å². The van der Waals surface area contributed by atoms with Crippen LogP contribution in [0.25, 0.3) is 0 Å². The van der Waals surface area contributed by atoms with Crippen LogP contribution in [0.2, 0.25) is 0 Å². The molecule has 7 heteroatoms. The molecule has 0 unspecified atom stereocenters. The number of thiocarbonyl (C=S) groups is 1. The topological polar surface area (TPSA) is 54.9 Å². The van der Waals surface area contributed by atoms with Crippen molar-refractivity contribution in [2.45, 2.75) is 13.5 Å². The van der Waals surface area contributed by atoms with Crippen molar-refractivity contribution in [2.75, 3.05) is 13.2 Å². The van der Waals surface area contributed by atoms with Gasteiger partial charge < -0.3 is 14.8 Å². The van der Waals surface area contributed by atoms with Gasteiger partial charge in [-0.3, -0.25) is 5.43 Å². The highest BCUT2D eigenvalue weighted by Crippen LogP contribution is 2.29. The van der Waals surface area contributed by atoms with Gasteiger partial charge in [0, 0.05) is 11.0 Å². The molecule has 142 valence electrons. The van der Waals surface area contributed by atoms with E-state index < -0.39 is 0 Å². The predicted octanol–water partition coefficient (Wildman–Crippen LogP) is 4.41. The molecule has 0 aliphatic carbocycles. The molecule has 0 aliphatic heterocycles. The number of benzene rings is 2. The summed E-state index contributed by atoms with van der Waals surface area (Å²) < 4.78 is 12.7. The van der Waals surface area contributed by atoms with Crippen LogP contribution in [-0.4, -0.2) is 24.5 Å². The minimum Gasteiger partial charge on any atom is -0.490 e. The summed E-state index contributed by atoms with van der Waals surface area (Å²) in [7, 11) is 0. The molecule has 0 radical (unpaired) electrons. The third-order valence-corrected chi connectivity index (χ3v) is 4.13. The molecular weight excluding hydrogens is 426 g/mol. The summed E-state index contributed by atoms with van der Waals surface area (Å²) in [5.41, 5.74) is 4.70. The van der Waals surface area contributed by atoms with E-state index in [9.17, 15) is 0 Å². The van der Waals surface area contributed by atoms with Crippen LogP contribution in [0.4, 0.5) is 0 Å². The zero-order valence-electron chi connectivity index (χ0n) is 15.1. The van der Waals surface area contributed by atoms with Gasteiger partial charge in [0.15, 0.2) is 16.6 Å². The van der Waals surface area contributed by atoms with Crippen molar-refractivity contribution in [3.8, 4) is 11.5 Å². The lowest BCUT2D eigenvalue weighted by Gasteiger charge is -2.12. The number of hydrogen-bond donors (Lipinski definition) is 2. The van der Waals surface area contributed by atoms with Crippen LogP contribution in [0.15, 0.2) is 64.7 Å². The SMILES string of the molecule is C=CCNC(=S)N/N=C\c1ccc(OCc2ccc(Br)cc2)c(OCC)c1. The third-order valence-electron chi connectivity index (χ3n) is 3.36. The second kappa shape index (κ2) is 11.4. The molecular formula is C20H22BrN3O2S. The van der Waals surface area contributed by atoms with E-state index in [2.05, 4.69) is 38.4 Å². The number of nitrogens with one attached hydrogen (secondary N) is 2. The Kier molecular flexibility index (Phi) is 8.80. The number of hydrazone groups is 1. The molecule has 0 bridgehead atoms. The van der Waals surface area contributed by atoms with E-state index in [0.717, 1.165) is 15.6 Å². The Morgan fingerprint density at radius 2 is 1.96 bits per heavy atom. The number of nitrogens with zero attached hydrogens (tertiary/aromatic N) is 1. The average molecular weight is 448 g/mol. The number of halogens is 1. The zero-order chi connectivity index (χ0) is 19.5. The Morgan fingerprint density at radius 1 is 1.19 bits per heavy atom. The third kappa shape index (κ3) is 7.40. The van der Waals surface area contributed by atoms with Gasteiger partial charge >= 0.3 is 0 Å². The van der Waals surface area contributed by atoms with Crippen LogP contribution in [0.5, 0.6) is 11.5 Å². The molecule has 2 aromatic rings. The second-order valence-electron chi connectivity index (χ2n) is 5.42. The molecule has 0 atom stereocenters. The lowest BCUT2D eigenvalue weighted by Crippen LogP contribution is -2.31. The molecule has 2 aromatic carbocycles. The van der Waals surface area contributed by atoms with Crippen molar-refractivity contribution in [1.29, 1.82) is 0 Å². The van der Waals surface area contributed by atoms with E-state index in [1.807, 2.05) is 49.4 Å². The van der Waals surface area contributed by atoms with Gasteiger partial charge in [0.05, 0.1) is 12.8 Å². The summed E-state index contributed by atoms with van der Waals surface area (Å²) in [5.74, 6) is 1.36. The maximum Gasteiger partial charge on any atom is 0.187 e. The van der Waals surface area contributed by atoms with E-state index in [0.29, 0.717) is 36.4 Å². The summed E-state index contributed by atoms with van der Waals surface area (Å²) >= 11 is 8.51. The number of hydrogen-bond acceptors (Lipinski definition) is 4.